The van der Waals surface area contributed by atoms with E-state index >= 15 is 0 Å². The van der Waals surface area contributed by atoms with Gasteiger partial charge in [0, 0.05) is 16.9 Å². The van der Waals surface area contributed by atoms with Crippen LogP contribution in [0, 0.1) is 11.6 Å². The molecule has 0 spiro atoms. The molecule has 1 aliphatic carbocycles. The van der Waals surface area contributed by atoms with E-state index in [2.05, 4.69) is 21.2 Å². The summed E-state index contributed by atoms with van der Waals surface area (Å²) in [6.45, 7) is 0. The number of rotatable bonds is 2. The molecule has 1 fully saturated rings. The number of halogens is 3. The third kappa shape index (κ3) is 2.83. The van der Waals surface area contributed by atoms with Crippen LogP contribution in [-0.4, -0.2) is 16.8 Å². The molecule has 2 rings (SSSR count). The standard InChI is InChI=1S/C12H12BrF2NO/c13-9-2-1-3-11(9)16-12(17)8-5-4-7(14)6-10(8)15/h4-6,9,11H,1-3H2,(H,16,17). The minimum absolute atomic E-state index is 0.0203. The van der Waals surface area contributed by atoms with Crippen LogP contribution in [0.15, 0.2) is 18.2 Å². The molecule has 1 aliphatic rings. The predicted molar refractivity (Wildman–Crippen MR) is 64.2 cm³/mol. The zero-order chi connectivity index (χ0) is 12.4. The van der Waals surface area contributed by atoms with E-state index in [1.54, 1.807) is 0 Å². The van der Waals surface area contributed by atoms with Crippen LogP contribution in [0.2, 0.25) is 0 Å². The van der Waals surface area contributed by atoms with E-state index in [1.807, 2.05) is 0 Å². The normalized spacial score (nSPS) is 23.7. The van der Waals surface area contributed by atoms with Crippen molar-refractivity contribution in [3.8, 4) is 0 Å². The van der Waals surface area contributed by atoms with Crippen molar-refractivity contribution in [1.29, 1.82) is 0 Å². The Balaban J connectivity index is 2.09. The molecule has 0 saturated heterocycles. The summed E-state index contributed by atoms with van der Waals surface area (Å²) in [5.74, 6) is -2.00. The fraction of sp³-hybridized carbons (Fsp3) is 0.417. The van der Waals surface area contributed by atoms with Crippen LogP contribution in [0.3, 0.4) is 0 Å². The maximum atomic E-state index is 13.4. The average Bonchev–Trinajstić information content (AvgIpc) is 2.64. The van der Waals surface area contributed by atoms with Crippen molar-refractivity contribution >= 4 is 21.8 Å². The molecular weight excluding hydrogens is 292 g/mol. The first-order chi connectivity index (χ1) is 8.08. The summed E-state index contributed by atoms with van der Waals surface area (Å²) >= 11 is 3.47. The molecule has 1 N–H and O–H groups in total. The molecular formula is C12H12BrF2NO. The maximum Gasteiger partial charge on any atom is 0.254 e. The van der Waals surface area contributed by atoms with Crippen LogP contribution in [0.25, 0.3) is 0 Å². The number of hydrogen-bond donors (Lipinski definition) is 1. The second-order valence-corrected chi connectivity index (χ2v) is 5.33. The highest BCUT2D eigenvalue weighted by Crippen LogP contribution is 2.26. The van der Waals surface area contributed by atoms with Crippen LogP contribution in [0.1, 0.15) is 29.6 Å². The fourth-order valence-electron chi connectivity index (χ4n) is 2.00. The molecule has 2 nitrogen and oxygen atoms in total. The lowest BCUT2D eigenvalue weighted by Gasteiger charge is -2.16. The van der Waals surface area contributed by atoms with E-state index in [1.165, 1.54) is 0 Å². The summed E-state index contributed by atoms with van der Waals surface area (Å²) in [4.78, 5) is 12.0. The van der Waals surface area contributed by atoms with E-state index < -0.39 is 17.5 Å². The Bertz CT molecular complexity index is 439. The molecule has 0 radical (unpaired) electrons. The van der Waals surface area contributed by atoms with Crippen molar-refractivity contribution in [2.45, 2.75) is 30.1 Å². The van der Waals surface area contributed by atoms with Gasteiger partial charge in [-0.15, -0.1) is 0 Å². The summed E-state index contributed by atoms with van der Waals surface area (Å²) in [5.41, 5.74) is -0.113. The van der Waals surface area contributed by atoms with Crippen molar-refractivity contribution in [2.75, 3.05) is 0 Å². The summed E-state index contributed by atoms with van der Waals surface area (Å²) < 4.78 is 26.1. The summed E-state index contributed by atoms with van der Waals surface area (Å²) in [6.07, 6.45) is 2.91. The first-order valence-electron chi connectivity index (χ1n) is 5.48. The van der Waals surface area contributed by atoms with Gasteiger partial charge in [0.15, 0.2) is 0 Å². The molecule has 5 heteroatoms. The quantitative estimate of drug-likeness (QED) is 0.836. The Hall–Kier alpha value is -0.970. The lowest BCUT2D eigenvalue weighted by molar-refractivity contribution is 0.0935. The third-order valence-corrected chi connectivity index (χ3v) is 4.02. The Morgan fingerprint density at radius 2 is 2.12 bits per heavy atom. The Morgan fingerprint density at radius 1 is 1.35 bits per heavy atom. The smallest absolute Gasteiger partial charge is 0.254 e. The predicted octanol–water partition coefficient (Wildman–Crippen LogP) is 3.01. The number of alkyl halides is 1. The highest BCUT2D eigenvalue weighted by Gasteiger charge is 2.27. The summed E-state index contributed by atoms with van der Waals surface area (Å²) in [7, 11) is 0. The Morgan fingerprint density at radius 3 is 2.71 bits per heavy atom. The highest BCUT2D eigenvalue weighted by molar-refractivity contribution is 9.09. The highest BCUT2D eigenvalue weighted by atomic mass is 79.9. The van der Waals surface area contributed by atoms with Crippen LogP contribution >= 0.6 is 15.9 Å². The molecule has 17 heavy (non-hydrogen) atoms. The van der Waals surface area contributed by atoms with Gasteiger partial charge in [-0.2, -0.15) is 0 Å². The number of amides is 1. The molecule has 1 aromatic carbocycles. The Kier molecular flexibility index (Phi) is 3.76. The van der Waals surface area contributed by atoms with Gasteiger partial charge in [0.05, 0.1) is 5.56 Å². The largest absolute Gasteiger partial charge is 0.348 e. The van der Waals surface area contributed by atoms with Gasteiger partial charge < -0.3 is 5.32 Å². The maximum absolute atomic E-state index is 13.4. The summed E-state index contributed by atoms with van der Waals surface area (Å²) in [6, 6.07) is 2.98. The number of benzene rings is 1. The molecule has 92 valence electrons. The van der Waals surface area contributed by atoms with Crippen LogP contribution in [-0.2, 0) is 0 Å². The fourth-order valence-corrected chi connectivity index (χ4v) is 2.72. The molecule has 1 amide bonds. The lowest BCUT2D eigenvalue weighted by atomic mass is 10.1. The van der Waals surface area contributed by atoms with Gasteiger partial charge in [-0.05, 0) is 25.0 Å². The zero-order valence-electron chi connectivity index (χ0n) is 9.05. The van der Waals surface area contributed by atoms with E-state index in [4.69, 9.17) is 0 Å². The Labute approximate surface area is 107 Å². The monoisotopic (exact) mass is 303 g/mol. The minimum Gasteiger partial charge on any atom is -0.348 e. The number of nitrogens with one attached hydrogen (secondary N) is 1. The molecule has 0 aliphatic heterocycles. The van der Waals surface area contributed by atoms with E-state index in [-0.39, 0.29) is 16.4 Å². The van der Waals surface area contributed by atoms with E-state index in [9.17, 15) is 13.6 Å². The van der Waals surface area contributed by atoms with Crippen molar-refractivity contribution < 1.29 is 13.6 Å². The third-order valence-electron chi connectivity index (χ3n) is 2.92. The molecule has 2 atom stereocenters. The van der Waals surface area contributed by atoms with Gasteiger partial charge in [0.2, 0.25) is 0 Å². The van der Waals surface area contributed by atoms with Crippen molar-refractivity contribution in [1.82, 2.24) is 5.32 Å². The zero-order valence-corrected chi connectivity index (χ0v) is 10.6. The number of carbonyl (C=O) groups is 1. The van der Waals surface area contributed by atoms with E-state index in [0.29, 0.717) is 0 Å². The number of hydrogen-bond acceptors (Lipinski definition) is 1. The first-order valence-corrected chi connectivity index (χ1v) is 6.39. The van der Waals surface area contributed by atoms with Gasteiger partial charge in [0.1, 0.15) is 11.6 Å². The second-order valence-electron chi connectivity index (χ2n) is 4.15. The van der Waals surface area contributed by atoms with Crippen LogP contribution in [0.4, 0.5) is 8.78 Å². The SMILES string of the molecule is O=C(NC1CCCC1Br)c1ccc(F)cc1F. The average molecular weight is 304 g/mol. The first kappa shape index (κ1) is 12.5. The molecule has 1 aromatic rings. The lowest BCUT2D eigenvalue weighted by Crippen LogP contribution is -2.38. The van der Waals surface area contributed by atoms with Gasteiger partial charge >= 0.3 is 0 Å². The van der Waals surface area contributed by atoms with Crippen molar-refractivity contribution in [3.63, 3.8) is 0 Å². The van der Waals surface area contributed by atoms with Gasteiger partial charge in [-0.1, -0.05) is 22.4 Å². The topological polar surface area (TPSA) is 29.1 Å². The van der Waals surface area contributed by atoms with Crippen molar-refractivity contribution in [3.05, 3.63) is 35.4 Å². The molecule has 0 heterocycles. The van der Waals surface area contributed by atoms with Crippen LogP contribution in [0.5, 0.6) is 0 Å². The van der Waals surface area contributed by atoms with E-state index in [0.717, 1.165) is 37.5 Å². The van der Waals surface area contributed by atoms with Crippen molar-refractivity contribution in [2.24, 2.45) is 0 Å². The van der Waals surface area contributed by atoms with Gasteiger partial charge in [-0.3, -0.25) is 4.79 Å². The summed E-state index contributed by atoms with van der Waals surface area (Å²) in [5, 5.41) is 2.76. The molecule has 0 aromatic heterocycles. The molecule has 1 saturated carbocycles. The number of carbonyl (C=O) groups excluding carboxylic acids is 1. The molecule has 0 bridgehead atoms. The second kappa shape index (κ2) is 5.12. The van der Waals surface area contributed by atoms with Gasteiger partial charge in [0.25, 0.3) is 5.91 Å². The van der Waals surface area contributed by atoms with Gasteiger partial charge in [-0.25, -0.2) is 8.78 Å². The minimum atomic E-state index is -0.827. The molecule has 2 unspecified atom stereocenters. The van der Waals surface area contributed by atoms with Crippen LogP contribution < -0.4 is 5.32 Å².